The molecule has 3 saturated carbocycles. The van der Waals surface area contributed by atoms with Crippen LogP contribution in [0.1, 0.15) is 76.1 Å². The average Bonchev–Trinajstić information content (AvgIpc) is 3.09. The van der Waals surface area contributed by atoms with Gasteiger partial charge in [0.1, 0.15) is 0 Å². The first-order chi connectivity index (χ1) is 14.8. The number of carbonyl (C=O) groups is 2. The summed E-state index contributed by atoms with van der Waals surface area (Å²) >= 11 is 0. The lowest BCUT2D eigenvalue weighted by molar-refractivity contribution is -0.165. The van der Waals surface area contributed by atoms with Crippen molar-refractivity contribution in [1.82, 2.24) is 10.2 Å². The summed E-state index contributed by atoms with van der Waals surface area (Å²) < 4.78 is 0. The average molecular weight is 423 g/mol. The van der Waals surface area contributed by atoms with Crippen molar-refractivity contribution in [3.05, 3.63) is 35.9 Å². The van der Waals surface area contributed by atoms with Gasteiger partial charge in [0.25, 0.3) is 5.91 Å². The maximum atomic E-state index is 12.9. The van der Waals surface area contributed by atoms with Gasteiger partial charge in [-0.15, -0.1) is 0 Å². The summed E-state index contributed by atoms with van der Waals surface area (Å²) in [5.41, 5.74) is 1.19. The molecule has 4 heteroatoms. The molecule has 3 aliphatic carbocycles. The molecule has 168 valence electrons. The predicted molar refractivity (Wildman–Crippen MR) is 122 cm³/mol. The van der Waals surface area contributed by atoms with E-state index >= 15 is 0 Å². The summed E-state index contributed by atoms with van der Waals surface area (Å²) in [5.74, 6) is 3.11. The third-order valence-electron chi connectivity index (χ3n) is 10.3. The van der Waals surface area contributed by atoms with Gasteiger partial charge in [0.2, 0.25) is 5.91 Å². The molecule has 8 atom stereocenters. The fourth-order valence-corrected chi connectivity index (χ4v) is 8.53. The lowest BCUT2D eigenvalue weighted by atomic mass is 9.45. The van der Waals surface area contributed by atoms with Crippen LogP contribution in [0.25, 0.3) is 0 Å². The maximum absolute atomic E-state index is 12.9. The first kappa shape index (κ1) is 21.0. The standard InChI is InChI=1S/C27H38N2O2/c1-17-16-22-27(3,15-13-23(30)29(22)4)20-12-14-26(2)19(24(17)20)10-11-21(26)28-25(31)18-8-6-5-7-9-18/h5-9,17,19-22,24H,10-16H2,1-4H3,(H,28,31)/t17-,19-,20-,21-,22+,24-,26-,27+/m0/s1. The Labute approximate surface area is 187 Å². The molecule has 1 N–H and O–H groups in total. The number of amides is 2. The van der Waals surface area contributed by atoms with Crippen LogP contribution in [0.15, 0.2) is 30.3 Å². The van der Waals surface area contributed by atoms with Gasteiger partial charge in [-0.1, -0.05) is 39.0 Å². The van der Waals surface area contributed by atoms with Crippen LogP contribution in [0.5, 0.6) is 0 Å². The Morgan fingerprint density at radius 1 is 1.03 bits per heavy atom. The zero-order chi connectivity index (χ0) is 22.0. The van der Waals surface area contributed by atoms with Crippen LogP contribution in [0, 0.1) is 34.5 Å². The fraction of sp³-hybridized carbons (Fsp3) is 0.704. The molecular weight excluding hydrogens is 384 g/mol. The van der Waals surface area contributed by atoms with E-state index in [1.165, 1.54) is 19.3 Å². The number of benzene rings is 1. The van der Waals surface area contributed by atoms with Gasteiger partial charge in [-0.05, 0) is 85.2 Å². The summed E-state index contributed by atoms with van der Waals surface area (Å²) in [5, 5.41) is 3.43. The summed E-state index contributed by atoms with van der Waals surface area (Å²) in [6.07, 6.45) is 7.62. The first-order valence-electron chi connectivity index (χ1n) is 12.4. The van der Waals surface area contributed by atoms with Crippen LogP contribution in [0.2, 0.25) is 0 Å². The van der Waals surface area contributed by atoms with Crippen LogP contribution in [-0.4, -0.2) is 35.8 Å². The summed E-state index contributed by atoms with van der Waals surface area (Å²) in [6.45, 7) is 7.37. The number of carbonyl (C=O) groups excluding carboxylic acids is 2. The van der Waals surface area contributed by atoms with Crippen LogP contribution in [-0.2, 0) is 4.79 Å². The van der Waals surface area contributed by atoms with Crippen molar-refractivity contribution < 1.29 is 9.59 Å². The monoisotopic (exact) mass is 422 g/mol. The topological polar surface area (TPSA) is 49.4 Å². The fourth-order valence-electron chi connectivity index (χ4n) is 8.53. The number of nitrogens with one attached hydrogen (secondary N) is 1. The largest absolute Gasteiger partial charge is 0.349 e. The van der Waals surface area contributed by atoms with Crippen molar-refractivity contribution in [2.75, 3.05) is 7.05 Å². The zero-order valence-corrected chi connectivity index (χ0v) is 19.6. The second kappa shape index (κ2) is 7.35. The van der Waals surface area contributed by atoms with E-state index < -0.39 is 0 Å². The van der Waals surface area contributed by atoms with Crippen LogP contribution >= 0.6 is 0 Å². The Morgan fingerprint density at radius 3 is 2.48 bits per heavy atom. The molecule has 4 aliphatic rings. The lowest BCUT2D eigenvalue weighted by Crippen LogP contribution is -2.63. The molecule has 31 heavy (non-hydrogen) atoms. The van der Waals surface area contributed by atoms with Crippen LogP contribution < -0.4 is 5.32 Å². The molecule has 1 aromatic rings. The Balaban J connectivity index is 1.39. The third kappa shape index (κ3) is 3.08. The summed E-state index contributed by atoms with van der Waals surface area (Å²) in [7, 11) is 2.04. The van der Waals surface area contributed by atoms with Gasteiger partial charge < -0.3 is 10.2 Å². The number of rotatable bonds is 2. The van der Waals surface area contributed by atoms with Gasteiger partial charge in [0, 0.05) is 31.1 Å². The zero-order valence-electron chi connectivity index (χ0n) is 19.6. The van der Waals surface area contributed by atoms with Crippen molar-refractivity contribution in [3.63, 3.8) is 0 Å². The van der Waals surface area contributed by atoms with Gasteiger partial charge in [-0.25, -0.2) is 0 Å². The molecule has 0 unspecified atom stereocenters. The molecule has 0 bridgehead atoms. The summed E-state index contributed by atoms with van der Waals surface area (Å²) in [6, 6.07) is 10.3. The molecule has 1 saturated heterocycles. The first-order valence-corrected chi connectivity index (χ1v) is 12.4. The smallest absolute Gasteiger partial charge is 0.251 e. The Morgan fingerprint density at radius 2 is 1.74 bits per heavy atom. The molecule has 0 spiro atoms. The van der Waals surface area contributed by atoms with Gasteiger partial charge in [0.15, 0.2) is 0 Å². The Hall–Kier alpha value is -1.84. The third-order valence-corrected chi connectivity index (χ3v) is 10.3. The summed E-state index contributed by atoms with van der Waals surface area (Å²) in [4.78, 5) is 27.4. The molecule has 0 radical (unpaired) electrons. The second-order valence-corrected chi connectivity index (χ2v) is 11.5. The maximum Gasteiger partial charge on any atom is 0.251 e. The van der Waals surface area contributed by atoms with E-state index in [1.54, 1.807) is 0 Å². The normalized spacial score (nSPS) is 44.3. The minimum Gasteiger partial charge on any atom is -0.349 e. The van der Waals surface area contributed by atoms with E-state index in [9.17, 15) is 9.59 Å². The number of piperidine rings is 1. The molecule has 1 heterocycles. The van der Waals surface area contributed by atoms with Gasteiger partial charge in [-0.3, -0.25) is 9.59 Å². The molecular formula is C27H38N2O2. The molecule has 1 aromatic carbocycles. The Bertz CT molecular complexity index is 869. The molecule has 0 aromatic heterocycles. The van der Waals surface area contributed by atoms with E-state index in [4.69, 9.17) is 0 Å². The molecule has 4 nitrogen and oxygen atoms in total. The Kier molecular flexibility index (Phi) is 4.99. The number of nitrogens with zero attached hydrogens (tertiary/aromatic N) is 1. The minimum atomic E-state index is 0.0748. The lowest BCUT2D eigenvalue weighted by Gasteiger charge is -2.63. The highest BCUT2D eigenvalue weighted by molar-refractivity contribution is 5.94. The van der Waals surface area contributed by atoms with Crippen LogP contribution in [0.4, 0.5) is 0 Å². The molecule has 4 fully saturated rings. The quantitative estimate of drug-likeness (QED) is 0.737. The van der Waals surface area contributed by atoms with E-state index in [2.05, 4.69) is 31.0 Å². The second-order valence-electron chi connectivity index (χ2n) is 11.5. The number of hydrogen-bond acceptors (Lipinski definition) is 2. The van der Waals surface area contributed by atoms with Crippen molar-refractivity contribution in [2.45, 2.75) is 77.8 Å². The molecule has 5 rings (SSSR count). The highest BCUT2D eigenvalue weighted by Gasteiger charge is 2.63. The van der Waals surface area contributed by atoms with E-state index in [-0.39, 0.29) is 22.8 Å². The van der Waals surface area contributed by atoms with Crippen molar-refractivity contribution in [2.24, 2.45) is 34.5 Å². The van der Waals surface area contributed by atoms with E-state index in [0.29, 0.717) is 42.0 Å². The minimum absolute atomic E-state index is 0.0748. The number of hydrogen-bond donors (Lipinski definition) is 1. The highest BCUT2D eigenvalue weighted by atomic mass is 16.2. The van der Waals surface area contributed by atoms with Crippen molar-refractivity contribution in [1.29, 1.82) is 0 Å². The number of likely N-dealkylation sites (tertiary alicyclic amines) is 1. The SMILES string of the molecule is C[C@H]1C[C@H]2N(C)C(=O)CC[C@]2(C)[C@H]2CC[C@]3(C)[C@@H](NC(=O)c4ccccc4)CC[C@H]3[C@H]12. The molecule has 2 amide bonds. The van der Waals surface area contributed by atoms with Gasteiger partial charge >= 0.3 is 0 Å². The number of fused-ring (bicyclic) bond motifs is 5. The van der Waals surface area contributed by atoms with E-state index in [1.807, 2.05) is 37.4 Å². The molecule has 1 aliphatic heterocycles. The van der Waals surface area contributed by atoms with Crippen molar-refractivity contribution >= 4 is 11.8 Å². The van der Waals surface area contributed by atoms with Gasteiger partial charge in [-0.2, -0.15) is 0 Å². The highest BCUT2D eigenvalue weighted by Crippen LogP contribution is 2.65. The predicted octanol–water partition coefficient (Wildman–Crippen LogP) is 4.89. The van der Waals surface area contributed by atoms with Gasteiger partial charge in [0.05, 0.1) is 0 Å². The van der Waals surface area contributed by atoms with Crippen LogP contribution in [0.3, 0.4) is 0 Å². The van der Waals surface area contributed by atoms with E-state index in [0.717, 1.165) is 24.8 Å². The van der Waals surface area contributed by atoms with Crippen molar-refractivity contribution in [3.8, 4) is 0 Å².